The van der Waals surface area contributed by atoms with Gasteiger partial charge in [0.1, 0.15) is 6.54 Å². The van der Waals surface area contributed by atoms with Crippen LogP contribution in [-0.2, 0) is 11.3 Å². The summed E-state index contributed by atoms with van der Waals surface area (Å²) < 4.78 is 5.34. The second kappa shape index (κ2) is 12.2. The summed E-state index contributed by atoms with van der Waals surface area (Å²) in [4.78, 5) is 18.5. The molecule has 1 saturated heterocycles. The molecule has 2 N–H and O–H groups in total. The van der Waals surface area contributed by atoms with Crippen molar-refractivity contribution in [3.05, 3.63) is 17.5 Å². The first-order chi connectivity index (χ1) is 12.5. The quantitative estimate of drug-likeness (QED) is 0.315. The molecular formula is C19H34IN5O2. The van der Waals surface area contributed by atoms with Crippen molar-refractivity contribution in [2.24, 2.45) is 4.99 Å². The summed E-state index contributed by atoms with van der Waals surface area (Å²) in [6.45, 7) is 11.3. The topological polar surface area (TPSA) is 82.8 Å². The van der Waals surface area contributed by atoms with E-state index in [0.29, 0.717) is 30.8 Å². The molecule has 1 aliphatic heterocycles. The molecule has 1 aliphatic rings. The summed E-state index contributed by atoms with van der Waals surface area (Å²) in [5, 5.41) is 10.7. The fraction of sp³-hybridized carbons (Fsp3) is 0.737. The van der Waals surface area contributed by atoms with Crippen molar-refractivity contribution in [1.29, 1.82) is 0 Å². The maximum Gasteiger partial charge on any atom is 0.222 e. The SMILES string of the molecule is CCNC(=NCc1cc(C(C)C)no1)NCCC(CC)N1CCCC1=O.I. The number of carbonyl (C=O) groups is 1. The first-order valence-electron chi connectivity index (χ1n) is 9.82. The van der Waals surface area contributed by atoms with Crippen LogP contribution in [0.2, 0.25) is 0 Å². The molecular weight excluding hydrogens is 457 g/mol. The molecule has 1 atom stereocenters. The average Bonchev–Trinajstić information content (AvgIpc) is 3.26. The van der Waals surface area contributed by atoms with Crippen molar-refractivity contribution < 1.29 is 9.32 Å². The lowest BCUT2D eigenvalue weighted by atomic mass is 10.1. The Balaban J connectivity index is 0.00000364. The second-order valence-corrected chi connectivity index (χ2v) is 7.04. The maximum atomic E-state index is 11.9. The van der Waals surface area contributed by atoms with Gasteiger partial charge in [0.15, 0.2) is 11.7 Å². The van der Waals surface area contributed by atoms with Gasteiger partial charge in [0.25, 0.3) is 0 Å². The Bertz CT molecular complexity index is 603. The number of carbonyl (C=O) groups excluding carboxylic acids is 1. The molecule has 1 fully saturated rings. The van der Waals surface area contributed by atoms with Crippen molar-refractivity contribution in [2.75, 3.05) is 19.6 Å². The van der Waals surface area contributed by atoms with Crippen LogP contribution in [0, 0.1) is 0 Å². The van der Waals surface area contributed by atoms with Gasteiger partial charge in [-0.15, -0.1) is 24.0 Å². The van der Waals surface area contributed by atoms with Crippen LogP contribution in [0.5, 0.6) is 0 Å². The number of aliphatic imine (C=N–C) groups is 1. The van der Waals surface area contributed by atoms with Crippen molar-refractivity contribution in [2.45, 2.75) is 71.9 Å². The molecule has 2 heterocycles. The number of amides is 1. The average molecular weight is 491 g/mol. The van der Waals surface area contributed by atoms with Gasteiger partial charge in [0, 0.05) is 38.2 Å². The van der Waals surface area contributed by atoms with Crippen molar-refractivity contribution in [1.82, 2.24) is 20.7 Å². The Labute approximate surface area is 179 Å². The fourth-order valence-corrected chi connectivity index (χ4v) is 3.17. The molecule has 0 saturated carbocycles. The minimum atomic E-state index is 0. The Morgan fingerprint density at radius 3 is 2.70 bits per heavy atom. The lowest BCUT2D eigenvalue weighted by Gasteiger charge is -2.27. The number of hydrogen-bond acceptors (Lipinski definition) is 4. The highest BCUT2D eigenvalue weighted by molar-refractivity contribution is 14.0. The summed E-state index contributed by atoms with van der Waals surface area (Å²) in [7, 11) is 0. The molecule has 27 heavy (non-hydrogen) atoms. The third kappa shape index (κ3) is 7.31. The van der Waals surface area contributed by atoms with Gasteiger partial charge in [-0.2, -0.15) is 0 Å². The highest BCUT2D eigenvalue weighted by atomic mass is 127. The standard InChI is InChI=1S/C19H33N5O2.HI/c1-5-15(24-11-7-8-18(24)25)9-10-21-19(20-6-2)22-13-16-12-17(14(3)4)23-26-16;/h12,14-15H,5-11,13H2,1-4H3,(H2,20,21,22);1H. The Morgan fingerprint density at radius 2 is 2.15 bits per heavy atom. The van der Waals surface area contributed by atoms with E-state index < -0.39 is 0 Å². The Kier molecular flexibility index (Phi) is 10.7. The van der Waals surface area contributed by atoms with Gasteiger partial charge in [-0.25, -0.2) is 4.99 Å². The van der Waals surface area contributed by atoms with Crippen LogP contribution in [0.25, 0.3) is 0 Å². The van der Waals surface area contributed by atoms with Crippen LogP contribution in [0.1, 0.15) is 70.8 Å². The number of rotatable bonds is 9. The molecule has 1 amide bonds. The molecule has 0 aliphatic carbocycles. The Hall–Kier alpha value is -1.32. The van der Waals surface area contributed by atoms with Crippen LogP contribution < -0.4 is 10.6 Å². The van der Waals surface area contributed by atoms with Gasteiger partial charge in [0.2, 0.25) is 5.91 Å². The molecule has 8 heteroatoms. The molecule has 2 rings (SSSR count). The summed E-state index contributed by atoms with van der Waals surface area (Å²) in [5.41, 5.74) is 0.953. The molecule has 154 valence electrons. The largest absolute Gasteiger partial charge is 0.359 e. The van der Waals surface area contributed by atoms with E-state index in [1.807, 2.05) is 17.9 Å². The summed E-state index contributed by atoms with van der Waals surface area (Å²) in [6.07, 6.45) is 3.59. The molecule has 0 spiro atoms. The Morgan fingerprint density at radius 1 is 1.37 bits per heavy atom. The molecule has 0 aromatic carbocycles. The third-order valence-electron chi connectivity index (χ3n) is 4.70. The molecule has 0 radical (unpaired) electrons. The van der Waals surface area contributed by atoms with E-state index in [2.05, 4.69) is 41.6 Å². The van der Waals surface area contributed by atoms with E-state index in [-0.39, 0.29) is 24.0 Å². The molecule has 0 bridgehead atoms. The zero-order valence-corrected chi connectivity index (χ0v) is 19.3. The highest BCUT2D eigenvalue weighted by Gasteiger charge is 2.26. The number of nitrogens with zero attached hydrogens (tertiary/aromatic N) is 3. The molecule has 7 nitrogen and oxygen atoms in total. The zero-order chi connectivity index (χ0) is 18.9. The second-order valence-electron chi connectivity index (χ2n) is 7.04. The van der Waals surface area contributed by atoms with E-state index >= 15 is 0 Å². The number of aromatic nitrogens is 1. The number of guanidine groups is 1. The van der Waals surface area contributed by atoms with Crippen LogP contribution >= 0.6 is 24.0 Å². The van der Waals surface area contributed by atoms with E-state index in [0.717, 1.165) is 56.3 Å². The van der Waals surface area contributed by atoms with Gasteiger partial charge >= 0.3 is 0 Å². The zero-order valence-electron chi connectivity index (χ0n) is 17.0. The highest BCUT2D eigenvalue weighted by Crippen LogP contribution is 2.17. The fourth-order valence-electron chi connectivity index (χ4n) is 3.17. The molecule has 1 aromatic heterocycles. The first kappa shape index (κ1) is 23.7. The van der Waals surface area contributed by atoms with Gasteiger partial charge in [0.05, 0.1) is 5.69 Å². The van der Waals surface area contributed by atoms with Gasteiger partial charge < -0.3 is 20.1 Å². The monoisotopic (exact) mass is 491 g/mol. The molecule has 1 unspecified atom stereocenters. The number of likely N-dealkylation sites (tertiary alicyclic amines) is 1. The van der Waals surface area contributed by atoms with Gasteiger partial charge in [-0.05, 0) is 32.1 Å². The predicted octanol–water partition coefficient (Wildman–Crippen LogP) is 3.26. The third-order valence-corrected chi connectivity index (χ3v) is 4.70. The smallest absolute Gasteiger partial charge is 0.222 e. The summed E-state index contributed by atoms with van der Waals surface area (Å²) >= 11 is 0. The van der Waals surface area contributed by atoms with Crippen LogP contribution in [0.3, 0.4) is 0 Å². The first-order valence-corrected chi connectivity index (χ1v) is 9.82. The number of halogens is 1. The van der Waals surface area contributed by atoms with Crippen molar-refractivity contribution >= 4 is 35.8 Å². The van der Waals surface area contributed by atoms with E-state index in [1.165, 1.54) is 0 Å². The molecule has 1 aromatic rings. The predicted molar refractivity (Wildman–Crippen MR) is 118 cm³/mol. The van der Waals surface area contributed by atoms with E-state index in [1.54, 1.807) is 0 Å². The van der Waals surface area contributed by atoms with Crippen molar-refractivity contribution in [3.63, 3.8) is 0 Å². The van der Waals surface area contributed by atoms with E-state index in [9.17, 15) is 4.79 Å². The number of nitrogens with one attached hydrogen (secondary N) is 2. The normalized spacial score (nSPS) is 15.8. The maximum absolute atomic E-state index is 11.9. The van der Waals surface area contributed by atoms with Gasteiger partial charge in [-0.1, -0.05) is 25.9 Å². The lowest BCUT2D eigenvalue weighted by molar-refractivity contribution is -0.129. The van der Waals surface area contributed by atoms with Crippen LogP contribution in [0.15, 0.2) is 15.6 Å². The lowest BCUT2D eigenvalue weighted by Crippen LogP contribution is -2.42. The van der Waals surface area contributed by atoms with E-state index in [4.69, 9.17) is 4.52 Å². The van der Waals surface area contributed by atoms with Crippen molar-refractivity contribution in [3.8, 4) is 0 Å². The van der Waals surface area contributed by atoms with Crippen LogP contribution in [0.4, 0.5) is 0 Å². The summed E-state index contributed by atoms with van der Waals surface area (Å²) in [5.74, 6) is 2.17. The minimum Gasteiger partial charge on any atom is -0.359 e. The summed E-state index contributed by atoms with van der Waals surface area (Å²) in [6, 6.07) is 2.27. The van der Waals surface area contributed by atoms with Gasteiger partial charge in [-0.3, -0.25) is 4.79 Å². The number of hydrogen-bond donors (Lipinski definition) is 2. The van der Waals surface area contributed by atoms with Crippen LogP contribution in [-0.4, -0.2) is 47.6 Å². The minimum absolute atomic E-state index is 0.